The SMILES string of the molecule is COC(=O)C(C)(C)N(C)C(=O)C1CCC(c2ccc(NC(=O)Nc3cc(C)ccc3OC)cc2)CC1. The van der Waals surface area contributed by atoms with Crippen LogP contribution in [0.15, 0.2) is 42.5 Å². The average Bonchev–Trinajstić information content (AvgIpc) is 2.88. The molecule has 1 saturated carbocycles. The van der Waals surface area contributed by atoms with Crippen molar-refractivity contribution in [3.8, 4) is 5.75 Å². The Morgan fingerprint density at radius 1 is 0.944 bits per heavy atom. The van der Waals surface area contributed by atoms with E-state index in [1.165, 1.54) is 17.6 Å². The number of nitrogens with zero attached hydrogens (tertiary/aromatic N) is 1. The monoisotopic (exact) mass is 495 g/mol. The fraction of sp³-hybridized carbons (Fsp3) is 0.464. The van der Waals surface area contributed by atoms with E-state index in [1.54, 1.807) is 28.0 Å². The van der Waals surface area contributed by atoms with Crippen LogP contribution in [-0.4, -0.2) is 49.6 Å². The molecule has 194 valence electrons. The maximum atomic E-state index is 13.0. The molecule has 2 aromatic rings. The van der Waals surface area contributed by atoms with Crippen molar-refractivity contribution in [3.63, 3.8) is 0 Å². The van der Waals surface area contributed by atoms with Crippen LogP contribution in [0.1, 0.15) is 56.6 Å². The van der Waals surface area contributed by atoms with E-state index < -0.39 is 11.5 Å². The molecule has 1 aliphatic rings. The highest BCUT2D eigenvalue weighted by molar-refractivity contribution is 6.00. The summed E-state index contributed by atoms with van der Waals surface area (Å²) in [6, 6.07) is 13.1. The molecule has 0 heterocycles. The highest BCUT2D eigenvalue weighted by atomic mass is 16.5. The van der Waals surface area contributed by atoms with Crippen LogP contribution in [0.25, 0.3) is 0 Å². The minimum Gasteiger partial charge on any atom is -0.495 e. The molecule has 8 nitrogen and oxygen atoms in total. The largest absolute Gasteiger partial charge is 0.495 e. The van der Waals surface area contributed by atoms with E-state index in [0.717, 1.165) is 31.2 Å². The molecule has 36 heavy (non-hydrogen) atoms. The van der Waals surface area contributed by atoms with Crippen molar-refractivity contribution < 1.29 is 23.9 Å². The zero-order valence-electron chi connectivity index (χ0n) is 22.0. The van der Waals surface area contributed by atoms with Crippen molar-refractivity contribution >= 4 is 29.3 Å². The third-order valence-electron chi connectivity index (χ3n) is 7.17. The minimum absolute atomic E-state index is 0.0142. The summed E-state index contributed by atoms with van der Waals surface area (Å²) >= 11 is 0. The number of hydrogen-bond acceptors (Lipinski definition) is 5. The zero-order chi connectivity index (χ0) is 26.5. The Bertz CT molecular complexity index is 1090. The van der Waals surface area contributed by atoms with Gasteiger partial charge in [-0.15, -0.1) is 0 Å². The lowest BCUT2D eigenvalue weighted by molar-refractivity contribution is -0.160. The van der Waals surface area contributed by atoms with Crippen LogP contribution in [-0.2, 0) is 14.3 Å². The topological polar surface area (TPSA) is 97.0 Å². The Morgan fingerprint density at radius 3 is 2.17 bits per heavy atom. The second-order valence-corrected chi connectivity index (χ2v) is 9.90. The van der Waals surface area contributed by atoms with Gasteiger partial charge in [-0.05, 0) is 87.8 Å². The Balaban J connectivity index is 1.54. The number of urea groups is 1. The summed E-state index contributed by atoms with van der Waals surface area (Å²) in [5.41, 5.74) is 2.51. The van der Waals surface area contributed by atoms with Gasteiger partial charge < -0.3 is 25.0 Å². The molecule has 0 spiro atoms. The Morgan fingerprint density at radius 2 is 1.58 bits per heavy atom. The predicted octanol–water partition coefficient (Wildman–Crippen LogP) is 5.33. The Hall–Kier alpha value is -3.55. The highest BCUT2D eigenvalue weighted by Gasteiger charge is 2.39. The summed E-state index contributed by atoms with van der Waals surface area (Å²) in [5.74, 6) is 0.415. The van der Waals surface area contributed by atoms with E-state index in [-0.39, 0.29) is 17.9 Å². The molecule has 3 rings (SSSR count). The number of carbonyl (C=O) groups excluding carboxylic acids is 3. The van der Waals surface area contributed by atoms with Crippen molar-refractivity contribution in [1.29, 1.82) is 0 Å². The third-order valence-corrected chi connectivity index (χ3v) is 7.17. The van der Waals surface area contributed by atoms with E-state index in [0.29, 0.717) is 23.0 Å². The van der Waals surface area contributed by atoms with Crippen LogP contribution in [0, 0.1) is 12.8 Å². The number of methoxy groups -OCH3 is 2. The summed E-state index contributed by atoms with van der Waals surface area (Å²) in [5, 5.41) is 5.69. The molecule has 2 aromatic carbocycles. The number of rotatable bonds is 7. The van der Waals surface area contributed by atoms with Crippen molar-refractivity contribution in [3.05, 3.63) is 53.6 Å². The summed E-state index contributed by atoms with van der Waals surface area (Å²) < 4.78 is 10.2. The standard InChI is InChI=1S/C28H37N3O5/c1-18-7-16-24(35-5)23(17-18)30-27(34)29-22-14-12-20(13-15-22)19-8-10-21(11-9-19)25(32)31(4)28(2,3)26(33)36-6/h7,12-17,19,21H,8-11H2,1-6H3,(H2,29,30,34). The minimum atomic E-state index is -0.998. The molecule has 0 bridgehead atoms. The third kappa shape index (κ3) is 6.17. The number of carbonyl (C=O) groups is 3. The van der Waals surface area contributed by atoms with Gasteiger partial charge >= 0.3 is 12.0 Å². The fourth-order valence-electron chi connectivity index (χ4n) is 4.65. The number of benzene rings is 2. The van der Waals surface area contributed by atoms with E-state index in [2.05, 4.69) is 10.6 Å². The molecule has 2 N–H and O–H groups in total. The van der Waals surface area contributed by atoms with Gasteiger partial charge in [0, 0.05) is 18.7 Å². The molecular formula is C28H37N3O5. The summed E-state index contributed by atoms with van der Waals surface area (Å²) in [6.45, 7) is 5.36. The van der Waals surface area contributed by atoms with E-state index in [9.17, 15) is 14.4 Å². The molecule has 0 radical (unpaired) electrons. The van der Waals surface area contributed by atoms with Crippen LogP contribution < -0.4 is 15.4 Å². The highest BCUT2D eigenvalue weighted by Crippen LogP contribution is 2.37. The number of anilines is 2. The summed E-state index contributed by atoms with van der Waals surface area (Å²) in [7, 11) is 4.57. The number of nitrogens with one attached hydrogen (secondary N) is 2. The number of esters is 1. The normalized spacial score (nSPS) is 17.6. The van der Waals surface area contributed by atoms with Gasteiger partial charge in [0.2, 0.25) is 5.91 Å². The molecule has 0 atom stereocenters. The zero-order valence-corrected chi connectivity index (χ0v) is 22.0. The van der Waals surface area contributed by atoms with Gasteiger partial charge in [0.25, 0.3) is 0 Å². The summed E-state index contributed by atoms with van der Waals surface area (Å²) in [6.07, 6.45) is 3.32. The molecule has 1 fully saturated rings. The number of aryl methyl sites for hydroxylation is 1. The van der Waals surface area contributed by atoms with Gasteiger partial charge in [-0.3, -0.25) is 4.79 Å². The fourth-order valence-corrected chi connectivity index (χ4v) is 4.65. The van der Waals surface area contributed by atoms with E-state index >= 15 is 0 Å². The molecule has 3 amide bonds. The number of ether oxygens (including phenoxy) is 2. The van der Waals surface area contributed by atoms with Crippen LogP contribution in [0.4, 0.5) is 16.2 Å². The second-order valence-electron chi connectivity index (χ2n) is 9.90. The lowest BCUT2D eigenvalue weighted by Crippen LogP contribution is -2.53. The van der Waals surface area contributed by atoms with Crippen molar-refractivity contribution in [2.45, 2.75) is 57.9 Å². The molecular weight excluding hydrogens is 458 g/mol. The Kier molecular flexibility index (Phi) is 8.61. The van der Waals surface area contributed by atoms with Gasteiger partial charge in [-0.25, -0.2) is 9.59 Å². The lowest BCUT2D eigenvalue weighted by Gasteiger charge is -2.37. The molecule has 0 aromatic heterocycles. The van der Waals surface area contributed by atoms with Gasteiger partial charge in [0.05, 0.1) is 19.9 Å². The average molecular weight is 496 g/mol. The maximum Gasteiger partial charge on any atom is 0.331 e. The van der Waals surface area contributed by atoms with Gasteiger partial charge in [0.15, 0.2) is 0 Å². The van der Waals surface area contributed by atoms with Crippen molar-refractivity contribution in [2.75, 3.05) is 31.9 Å². The molecule has 0 unspecified atom stereocenters. The molecule has 0 saturated heterocycles. The summed E-state index contributed by atoms with van der Waals surface area (Å²) in [4.78, 5) is 39.1. The van der Waals surface area contributed by atoms with Crippen molar-refractivity contribution in [2.24, 2.45) is 5.92 Å². The van der Waals surface area contributed by atoms with Crippen LogP contribution in [0.3, 0.4) is 0 Å². The van der Waals surface area contributed by atoms with Crippen LogP contribution in [0.2, 0.25) is 0 Å². The first-order chi connectivity index (χ1) is 17.1. The first kappa shape index (κ1) is 27.0. The number of amides is 3. The second kappa shape index (κ2) is 11.5. The predicted molar refractivity (Wildman–Crippen MR) is 140 cm³/mol. The van der Waals surface area contributed by atoms with Crippen molar-refractivity contribution in [1.82, 2.24) is 4.90 Å². The molecule has 0 aliphatic heterocycles. The first-order valence-corrected chi connectivity index (χ1v) is 12.3. The molecule has 8 heteroatoms. The van der Waals surface area contributed by atoms with E-state index in [4.69, 9.17) is 9.47 Å². The number of hydrogen-bond donors (Lipinski definition) is 2. The number of likely N-dealkylation sites (N-methyl/N-ethyl adjacent to an activating group) is 1. The Labute approximate surface area is 213 Å². The van der Waals surface area contributed by atoms with Gasteiger partial charge in [0.1, 0.15) is 11.3 Å². The first-order valence-electron chi connectivity index (χ1n) is 12.3. The molecule has 1 aliphatic carbocycles. The van der Waals surface area contributed by atoms with Crippen LogP contribution in [0.5, 0.6) is 5.75 Å². The quantitative estimate of drug-likeness (QED) is 0.506. The smallest absolute Gasteiger partial charge is 0.331 e. The lowest BCUT2D eigenvalue weighted by atomic mass is 9.78. The van der Waals surface area contributed by atoms with Gasteiger partial charge in [-0.1, -0.05) is 18.2 Å². The van der Waals surface area contributed by atoms with Crippen LogP contribution >= 0.6 is 0 Å². The van der Waals surface area contributed by atoms with Gasteiger partial charge in [-0.2, -0.15) is 0 Å². The maximum absolute atomic E-state index is 13.0. The van der Waals surface area contributed by atoms with E-state index in [1.807, 2.05) is 49.4 Å².